The standard InChI is InChI=1S/C24H19BrN2O5S/c1-15-5-4-6-18(11-15)33(30,31)27-14-17(32-22-10-9-16(25)12-21(22)27)13-26-23(28)19-7-2-3-8-20(19)24(26)29/h2-12,17H,13-14H2,1H3/t17-/m0/s1. The Bertz CT molecular complexity index is 1370. The Balaban J connectivity index is 1.50. The Hall–Kier alpha value is -3.17. The van der Waals surface area contributed by atoms with Gasteiger partial charge in [-0.05, 0) is 55.0 Å². The van der Waals surface area contributed by atoms with Gasteiger partial charge in [0.05, 0.1) is 34.8 Å². The summed E-state index contributed by atoms with van der Waals surface area (Å²) in [4.78, 5) is 26.9. The Kier molecular flexibility index (Phi) is 5.25. The summed E-state index contributed by atoms with van der Waals surface area (Å²) in [6, 6.07) is 18.4. The van der Waals surface area contributed by atoms with Crippen molar-refractivity contribution in [1.29, 1.82) is 0 Å². The molecule has 0 aromatic heterocycles. The SMILES string of the molecule is Cc1cccc(S(=O)(=O)N2C[C@H](CN3C(=O)c4ccccc4C3=O)Oc3ccc(Br)cc32)c1. The minimum Gasteiger partial charge on any atom is -0.484 e. The average molecular weight is 527 g/mol. The van der Waals surface area contributed by atoms with Gasteiger partial charge in [0, 0.05) is 4.47 Å². The number of hydrogen-bond donors (Lipinski definition) is 0. The third-order valence-corrected chi connectivity index (χ3v) is 7.96. The van der Waals surface area contributed by atoms with E-state index in [0.717, 1.165) is 10.5 Å². The lowest BCUT2D eigenvalue weighted by molar-refractivity contribution is 0.0573. The largest absolute Gasteiger partial charge is 0.484 e. The van der Waals surface area contributed by atoms with Crippen LogP contribution < -0.4 is 9.04 Å². The molecule has 0 unspecified atom stereocenters. The molecule has 168 valence electrons. The number of fused-ring (bicyclic) bond motifs is 2. The number of aryl methyl sites for hydroxylation is 1. The number of amides is 2. The predicted octanol–water partition coefficient (Wildman–Crippen LogP) is 4.01. The monoisotopic (exact) mass is 526 g/mol. The molecule has 0 saturated carbocycles. The first-order chi connectivity index (χ1) is 15.8. The summed E-state index contributed by atoms with van der Waals surface area (Å²) < 4.78 is 35.3. The fourth-order valence-electron chi connectivity index (χ4n) is 4.12. The summed E-state index contributed by atoms with van der Waals surface area (Å²) >= 11 is 3.40. The van der Waals surface area contributed by atoms with Gasteiger partial charge < -0.3 is 4.74 Å². The van der Waals surface area contributed by atoms with Crippen LogP contribution >= 0.6 is 15.9 Å². The maximum absolute atomic E-state index is 13.6. The Labute approximate surface area is 199 Å². The summed E-state index contributed by atoms with van der Waals surface area (Å²) in [6.45, 7) is 1.71. The molecule has 3 aromatic rings. The Morgan fingerprint density at radius 2 is 1.67 bits per heavy atom. The highest BCUT2D eigenvalue weighted by molar-refractivity contribution is 9.10. The Morgan fingerprint density at radius 3 is 2.33 bits per heavy atom. The van der Waals surface area contributed by atoms with E-state index >= 15 is 0 Å². The summed E-state index contributed by atoms with van der Waals surface area (Å²) in [6.07, 6.45) is -0.736. The summed E-state index contributed by atoms with van der Waals surface area (Å²) in [7, 11) is -3.92. The van der Waals surface area contributed by atoms with Crippen LogP contribution in [0.5, 0.6) is 5.75 Å². The molecular weight excluding hydrogens is 508 g/mol. The van der Waals surface area contributed by atoms with Crippen LogP contribution in [0.4, 0.5) is 5.69 Å². The molecule has 5 rings (SSSR count). The number of carbonyl (C=O) groups is 2. The smallest absolute Gasteiger partial charge is 0.264 e. The zero-order valence-electron chi connectivity index (χ0n) is 17.6. The average Bonchev–Trinajstić information content (AvgIpc) is 3.04. The van der Waals surface area contributed by atoms with E-state index in [1.807, 2.05) is 13.0 Å². The highest BCUT2D eigenvalue weighted by atomic mass is 79.9. The molecule has 0 spiro atoms. The van der Waals surface area contributed by atoms with Gasteiger partial charge in [-0.2, -0.15) is 0 Å². The molecule has 33 heavy (non-hydrogen) atoms. The first kappa shape index (κ1) is 21.7. The van der Waals surface area contributed by atoms with E-state index in [9.17, 15) is 18.0 Å². The van der Waals surface area contributed by atoms with Crippen LogP contribution in [0.3, 0.4) is 0 Å². The summed E-state index contributed by atoms with van der Waals surface area (Å²) in [5.41, 5.74) is 1.89. The molecule has 9 heteroatoms. The summed E-state index contributed by atoms with van der Waals surface area (Å²) in [5.74, 6) is -0.454. The Morgan fingerprint density at radius 1 is 0.970 bits per heavy atom. The van der Waals surface area contributed by atoms with Gasteiger partial charge in [0.1, 0.15) is 11.9 Å². The van der Waals surface area contributed by atoms with Crippen molar-refractivity contribution in [2.24, 2.45) is 0 Å². The topological polar surface area (TPSA) is 84.0 Å². The highest BCUT2D eigenvalue weighted by Gasteiger charge is 2.40. The highest BCUT2D eigenvalue weighted by Crippen LogP contribution is 2.39. The van der Waals surface area contributed by atoms with Crippen LogP contribution in [0.25, 0.3) is 0 Å². The van der Waals surface area contributed by atoms with Crippen LogP contribution in [0, 0.1) is 6.92 Å². The molecule has 0 bridgehead atoms. The van der Waals surface area contributed by atoms with Crippen LogP contribution in [-0.2, 0) is 10.0 Å². The fourth-order valence-corrected chi connectivity index (χ4v) is 6.07. The molecule has 1 atom stereocenters. The molecule has 7 nitrogen and oxygen atoms in total. The van der Waals surface area contributed by atoms with Crippen molar-refractivity contribution in [1.82, 2.24) is 4.90 Å². The lowest BCUT2D eigenvalue weighted by atomic mass is 10.1. The molecule has 0 N–H and O–H groups in total. The number of nitrogens with zero attached hydrogens (tertiary/aromatic N) is 2. The first-order valence-electron chi connectivity index (χ1n) is 10.3. The van der Waals surface area contributed by atoms with Gasteiger partial charge in [0.25, 0.3) is 21.8 Å². The number of sulfonamides is 1. The van der Waals surface area contributed by atoms with Crippen molar-refractivity contribution in [3.63, 3.8) is 0 Å². The van der Waals surface area contributed by atoms with E-state index in [1.165, 1.54) is 4.31 Å². The first-order valence-corrected chi connectivity index (χ1v) is 12.5. The molecule has 2 aliphatic heterocycles. The van der Waals surface area contributed by atoms with Gasteiger partial charge in [-0.1, -0.05) is 40.2 Å². The normalized spacial score (nSPS) is 17.6. The molecule has 2 aliphatic rings. The lowest BCUT2D eigenvalue weighted by Gasteiger charge is -2.36. The van der Waals surface area contributed by atoms with Crippen LogP contribution in [0.15, 0.2) is 76.1 Å². The van der Waals surface area contributed by atoms with Crippen molar-refractivity contribution >= 4 is 43.5 Å². The zero-order valence-corrected chi connectivity index (χ0v) is 20.0. The van der Waals surface area contributed by atoms with E-state index < -0.39 is 27.9 Å². The third kappa shape index (κ3) is 3.71. The third-order valence-electron chi connectivity index (χ3n) is 5.69. The minimum absolute atomic E-state index is 0.0485. The van der Waals surface area contributed by atoms with Gasteiger partial charge in [-0.3, -0.25) is 18.8 Å². The second-order valence-corrected chi connectivity index (χ2v) is 10.7. The lowest BCUT2D eigenvalue weighted by Crippen LogP contribution is -2.49. The van der Waals surface area contributed by atoms with Gasteiger partial charge in [0.2, 0.25) is 0 Å². The van der Waals surface area contributed by atoms with E-state index in [-0.39, 0.29) is 18.0 Å². The number of anilines is 1. The van der Waals surface area contributed by atoms with Crippen LogP contribution in [-0.4, -0.2) is 44.3 Å². The molecule has 0 radical (unpaired) electrons. The van der Waals surface area contributed by atoms with E-state index in [4.69, 9.17) is 4.74 Å². The number of hydrogen-bond acceptors (Lipinski definition) is 5. The number of carbonyl (C=O) groups excluding carboxylic acids is 2. The molecule has 2 amide bonds. The molecule has 3 aromatic carbocycles. The van der Waals surface area contributed by atoms with Gasteiger partial charge >= 0.3 is 0 Å². The number of halogens is 1. The second-order valence-electron chi connectivity index (χ2n) is 7.97. The van der Waals surface area contributed by atoms with Crippen molar-refractivity contribution in [2.75, 3.05) is 17.4 Å². The predicted molar refractivity (Wildman–Crippen MR) is 126 cm³/mol. The van der Waals surface area contributed by atoms with Crippen molar-refractivity contribution in [2.45, 2.75) is 17.9 Å². The fraction of sp³-hybridized carbons (Fsp3) is 0.167. The molecule has 2 heterocycles. The number of rotatable bonds is 4. The molecule has 0 saturated heterocycles. The molecular formula is C24H19BrN2O5S. The van der Waals surface area contributed by atoms with E-state index in [2.05, 4.69) is 15.9 Å². The number of benzene rings is 3. The van der Waals surface area contributed by atoms with Crippen molar-refractivity contribution in [3.8, 4) is 5.75 Å². The summed E-state index contributed by atoms with van der Waals surface area (Å²) in [5, 5.41) is 0. The van der Waals surface area contributed by atoms with E-state index in [1.54, 1.807) is 60.7 Å². The zero-order chi connectivity index (χ0) is 23.3. The second kappa shape index (κ2) is 8.00. The van der Waals surface area contributed by atoms with Crippen LogP contribution in [0.1, 0.15) is 26.3 Å². The number of ether oxygens (including phenoxy) is 1. The van der Waals surface area contributed by atoms with Crippen LogP contribution in [0.2, 0.25) is 0 Å². The number of imide groups is 1. The van der Waals surface area contributed by atoms with Crippen molar-refractivity contribution in [3.05, 3.63) is 87.9 Å². The quantitative estimate of drug-likeness (QED) is 0.479. The van der Waals surface area contributed by atoms with E-state index in [0.29, 0.717) is 27.0 Å². The molecule has 0 fully saturated rings. The van der Waals surface area contributed by atoms with Gasteiger partial charge in [-0.15, -0.1) is 0 Å². The van der Waals surface area contributed by atoms with Gasteiger partial charge in [-0.25, -0.2) is 8.42 Å². The minimum atomic E-state index is -3.92. The molecule has 0 aliphatic carbocycles. The maximum atomic E-state index is 13.6. The van der Waals surface area contributed by atoms with Gasteiger partial charge in [0.15, 0.2) is 0 Å². The van der Waals surface area contributed by atoms with Crippen molar-refractivity contribution < 1.29 is 22.7 Å². The maximum Gasteiger partial charge on any atom is 0.264 e.